The van der Waals surface area contributed by atoms with E-state index in [-0.39, 0.29) is 38.0 Å². The number of imidazole rings is 1. The zero-order valence-corrected chi connectivity index (χ0v) is 40.5. The number of nitrogen functional groups attached to an aromatic ring is 1. The Bertz CT molecular complexity index is 2110. The summed E-state index contributed by atoms with van der Waals surface area (Å²) in [4.78, 5) is 66.7. The molecule has 2 aliphatic heterocycles. The highest BCUT2D eigenvalue weighted by atomic mass is 31.2. The van der Waals surface area contributed by atoms with Crippen molar-refractivity contribution < 1.29 is 46.6 Å². The molecule has 1 amide bonds. The van der Waals surface area contributed by atoms with Gasteiger partial charge in [-0.3, -0.25) is 32.8 Å². The van der Waals surface area contributed by atoms with Gasteiger partial charge in [0.05, 0.1) is 31.2 Å². The van der Waals surface area contributed by atoms with Crippen LogP contribution in [0.4, 0.5) is 10.2 Å². The zero-order chi connectivity index (χ0) is 47.8. The average molecular weight is 953 g/mol. The minimum Gasteiger partial charge on any atom is -0.382 e. The number of nitrogens with one attached hydrogen (secondary N) is 1. The van der Waals surface area contributed by atoms with Gasteiger partial charge in [-0.25, -0.2) is 28.7 Å². The number of nitrogens with zero attached hydrogens (tertiary/aromatic N) is 6. The quantitative estimate of drug-likeness (QED) is 0.0444. The minimum atomic E-state index is -4.73. The van der Waals surface area contributed by atoms with Crippen LogP contribution < -0.4 is 17.0 Å². The summed E-state index contributed by atoms with van der Waals surface area (Å²) < 4.78 is 68.3. The number of carbonyl (C=O) groups excluding carboxylic acids is 1. The number of H-pyrrole nitrogens is 1. The number of hydrogen-bond donors (Lipinski definition) is 3. The highest BCUT2D eigenvalue weighted by molar-refractivity contribution is 7.47. The molecular weight excluding hydrogens is 879 g/mol. The fourth-order valence-corrected chi connectivity index (χ4v) is 9.96. The molecule has 0 aliphatic carbocycles. The summed E-state index contributed by atoms with van der Waals surface area (Å²) >= 11 is 0. The Kier molecular flexibility index (Phi) is 21.2. The van der Waals surface area contributed by atoms with Crippen LogP contribution in [0.5, 0.6) is 0 Å². The third-order valence-electron chi connectivity index (χ3n) is 12.2. The number of phosphoric ester groups is 1. The Labute approximate surface area is 387 Å². The zero-order valence-electron chi connectivity index (χ0n) is 39.6. The highest BCUT2D eigenvalue weighted by Crippen LogP contribution is 2.50. The maximum Gasteiger partial charge on any atom is 0.472 e. The van der Waals surface area contributed by atoms with Gasteiger partial charge < -0.3 is 34.5 Å². The Morgan fingerprint density at radius 2 is 1.52 bits per heavy atom. The topological polar surface area (TPSA) is 237 Å². The van der Waals surface area contributed by atoms with Crippen molar-refractivity contribution in [3.63, 3.8) is 0 Å². The lowest BCUT2D eigenvalue weighted by Gasteiger charge is -2.31. The first-order valence-corrected chi connectivity index (χ1v) is 25.4. The van der Waals surface area contributed by atoms with Crippen molar-refractivity contribution in [3.05, 3.63) is 45.8 Å². The molecule has 9 atom stereocenters. The van der Waals surface area contributed by atoms with Crippen LogP contribution in [-0.4, -0.2) is 114 Å². The van der Waals surface area contributed by atoms with Crippen LogP contribution in [0.25, 0.3) is 11.2 Å². The third kappa shape index (κ3) is 15.2. The molecule has 5 heterocycles. The Balaban J connectivity index is 1.34. The van der Waals surface area contributed by atoms with E-state index in [1.165, 1.54) is 90.2 Å². The molecule has 5 rings (SSSR count). The number of aromatic nitrogens is 6. The molecule has 0 radical (unpaired) electrons. The van der Waals surface area contributed by atoms with Crippen LogP contribution in [0.3, 0.4) is 0 Å². The van der Waals surface area contributed by atoms with Crippen molar-refractivity contribution in [1.82, 2.24) is 34.0 Å². The molecule has 372 valence electrons. The van der Waals surface area contributed by atoms with Crippen LogP contribution in [-0.2, 0) is 37.4 Å². The Hall–Kier alpha value is -3.62. The SMILES string of the molecule is CCCCCCCCCCCCCCCCCN(C[C@H]1O[C@@H](n2cnc3c(N)ncnc32)[C@H](OC)[C@@H]1OP(=O)(O)OC(C)C)C(=O)CC1C(F)[C@H](n2ccc(=O)[nH]c2=O)O[C@@H]1COC(C)C. The van der Waals surface area contributed by atoms with E-state index in [1.54, 1.807) is 23.3 Å². The second kappa shape index (κ2) is 26.2. The second-order valence-corrected chi connectivity index (χ2v) is 19.5. The summed E-state index contributed by atoms with van der Waals surface area (Å²) in [6.07, 6.45) is 11.4. The first-order chi connectivity index (χ1) is 31.6. The normalized spacial score (nSPS) is 24.2. The minimum absolute atomic E-state index is 0.0584. The fraction of sp³-hybridized carbons (Fsp3) is 0.778. The Morgan fingerprint density at radius 1 is 0.894 bits per heavy atom. The molecule has 2 aliphatic rings. The van der Waals surface area contributed by atoms with E-state index < -0.39 is 80.0 Å². The number of halogens is 1. The molecule has 0 spiro atoms. The van der Waals surface area contributed by atoms with Crippen molar-refractivity contribution in [2.24, 2.45) is 5.92 Å². The van der Waals surface area contributed by atoms with Crippen molar-refractivity contribution in [1.29, 1.82) is 0 Å². The number of fused-ring (bicyclic) bond motifs is 1. The van der Waals surface area contributed by atoms with Crippen molar-refractivity contribution in [2.75, 3.05) is 32.5 Å². The Morgan fingerprint density at radius 3 is 2.11 bits per heavy atom. The number of methoxy groups -OCH3 is 1. The van der Waals surface area contributed by atoms with E-state index in [0.717, 1.165) is 36.3 Å². The lowest BCUT2D eigenvalue weighted by Crippen LogP contribution is -2.45. The average Bonchev–Trinajstić information content (AvgIpc) is 3.93. The molecule has 3 aromatic rings. The van der Waals surface area contributed by atoms with E-state index in [1.807, 2.05) is 13.8 Å². The van der Waals surface area contributed by atoms with Gasteiger partial charge in [0, 0.05) is 44.8 Å². The molecule has 4 N–H and O–H groups in total. The number of rotatable bonds is 30. The molecule has 66 heavy (non-hydrogen) atoms. The van der Waals surface area contributed by atoms with Crippen LogP contribution in [0.1, 0.15) is 150 Å². The van der Waals surface area contributed by atoms with Gasteiger partial charge in [0.2, 0.25) is 5.91 Å². The number of phosphoric acid groups is 1. The molecule has 21 heteroatoms. The van der Waals surface area contributed by atoms with E-state index in [4.69, 9.17) is 33.7 Å². The lowest BCUT2D eigenvalue weighted by molar-refractivity contribution is -0.136. The van der Waals surface area contributed by atoms with Crippen LogP contribution >= 0.6 is 7.82 Å². The number of unbranched alkanes of at least 4 members (excludes halogenated alkanes) is 14. The summed E-state index contributed by atoms with van der Waals surface area (Å²) in [6, 6.07) is 1.10. The van der Waals surface area contributed by atoms with Gasteiger partial charge in [-0.05, 0) is 34.1 Å². The van der Waals surface area contributed by atoms with E-state index in [2.05, 4.69) is 26.9 Å². The molecule has 0 bridgehead atoms. The number of ether oxygens (including phenoxy) is 4. The highest BCUT2D eigenvalue weighted by Gasteiger charge is 2.52. The van der Waals surface area contributed by atoms with Gasteiger partial charge in [-0.2, -0.15) is 0 Å². The van der Waals surface area contributed by atoms with Gasteiger partial charge in [0.15, 0.2) is 30.1 Å². The summed E-state index contributed by atoms with van der Waals surface area (Å²) in [5.41, 5.74) is 5.21. The van der Waals surface area contributed by atoms with Gasteiger partial charge in [-0.15, -0.1) is 0 Å². The molecule has 3 aromatic heterocycles. The maximum atomic E-state index is 16.7. The summed E-state index contributed by atoms with van der Waals surface area (Å²) in [5.74, 6) is -1.37. The number of nitrogens with two attached hydrogens (primary N) is 1. The number of amides is 1. The summed E-state index contributed by atoms with van der Waals surface area (Å²) in [5, 5.41) is 0. The monoisotopic (exact) mass is 953 g/mol. The van der Waals surface area contributed by atoms with Gasteiger partial charge in [0.25, 0.3) is 5.56 Å². The predicted octanol–water partition coefficient (Wildman–Crippen LogP) is 7.15. The first kappa shape index (κ1) is 53.3. The van der Waals surface area contributed by atoms with E-state index in [0.29, 0.717) is 17.6 Å². The molecule has 19 nitrogen and oxygen atoms in total. The number of aromatic amines is 1. The first-order valence-electron chi connectivity index (χ1n) is 23.9. The number of anilines is 1. The third-order valence-corrected chi connectivity index (χ3v) is 13.4. The van der Waals surface area contributed by atoms with Gasteiger partial charge in [-0.1, -0.05) is 96.8 Å². The van der Waals surface area contributed by atoms with Crippen LogP contribution in [0.2, 0.25) is 0 Å². The van der Waals surface area contributed by atoms with Crippen molar-refractivity contribution in [3.8, 4) is 0 Å². The summed E-state index contributed by atoms with van der Waals surface area (Å²) in [6.45, 7) is 9.10. The van der Waals surface area contributed by atoms with Crippen LogP contribution in [0.15, 0.2) is 34.5 Å². The summed E-state index contributed by atoms with van der Waals surface area (Å²) in [7, 11) is -3.33. The second-order valence-electron chi connectivity index (χ2n) is 18.1. The smallest absolute Gasteiger partial charge is 0.382 e. The van der Waals surface area contributed by atoms with Crippen molar-refractivity contribution in [2.45, 2.75) is 193 Å². The molecule has 0 saturated carbocycles. The standard InChI is InChI=1S/C45H74FN8O11P/c1-7-8-9-10-11-12-13-14-15-16-17-18-19-20-21-23-52(36(56)25-32-34(27-61-30(2)3)63-43(37(32)46)53-24-22-35(55)51-45(53)57)26-33-39(65-66(58,59)64-31(4)5)40(60-6)44(62-33)54-29-50-38-41(47)48-28-49-42(38)54/h22,24,28-34,37,39-40,43-44H,7-21,23,25-27H2,1-6H3,(H,58,59)(H2,47,48,49)(H,51,55,57)/t32?,33-,34-,37?,39-,40-,43-,44-/m1/s1. The van der Waals surface area contributed by atoms with Gasteiger partial charge >= 0.3 is 13.5 Å². The molecule has 2 fully saturated rings. The van der Waals surface area contributed by atoms with Crippen LogP contribution in [0, 0.1) is 5.92 Å². The molecule has 0 aromatic carbocycles. The maximum absolute atomic E-state index is 16.7. The number of hydrogen-bond acceptors (Lipinski definition) is 14. The van der Waals surface area contributed by atoms with E-state index >= 15 is 4.39 Å². The number of carbonyl (C=O) groups is 1. The molecule has 2 saturated heterocycles. The largest absolute Gasteiger partial charge is 0.472 e. The lowest BCUT2D eigenvalue weighted by atomic mass is 9.94. The fourth-order valence-electron chi connectivity index (χ4n) is 8.81. The van der Waals surface area contributed by atoms with E-state index in [9.17, 15) is 23.8 Å². The molecule has 3 unspecified atom stereocenters. The number of alkyl halides is 1. The van der Waals surface area contributed by atoms with Gasteiger partial charge in [0.1, 0.15) is 30.2 Å². The molecular formula is C45H74FN8O11P. The predicted molar refractivity (Wildman–Crippen MR) is 246 cm³/mol. The van der Waals surface area contributed by atoms with Crippen molar-refractivity contribution >= 4 is 30.7 Å².